The van der Waals surface area contributed by atoms with Gasteiger partial charge in [-0.3, -0.25) is 0 Å². The summed E-state index contributed by atoms with van der Waals surface area (Å²) < 4.78 is 38.9. The van der Waals surface area contributed by atoms with Crippen LogP contribution >= 0.6 is 27.3 Å². The largest absolute Gasteiger partial charge is 0.417 e. The zero-order valence-corrected chi connectivity index (χ0v) is 14.0. The van der Waals surface area contributed by atoms with E-state index in [4.69, 9.17) is 0 Å². The highest BCUT2D eigenvalue weighted by atomic mass is 79.9. The van der Waals surface area contributed by atoms with Crippen LogP contribution in [0.2, 0.25) is 0 Å². The number of nitrogens with one attached hydrogen (secondary N) is 1. The molecule has 0 saturated carbocycles. The molecule has 1 nitrogen and oxygen atoms in total. The molecule has 1 unspecified atom stereocenters. The highest BCUT2D eigenvalue weighted by molar-refractivity contribution is 9.10. The Kier molecular flexibility index (Phi) is 5.11. The topological polar surface area (TPSA) is 12.0 Å². The summed E-state index contributed by atoms with van der Waals surface area (Å²) >= 11 is 4.48. The maximum atomic E-state index is 12.9. The summed E-state index contributed by atoms with van der Waals surface area (Å²) in [5, 5.41) is 3.29. The predicted octanol–water partition coefficient (Wildman–Crippen LogP) is 5.87. The minimum atomic E-state index is -4.36. The van der Waals surface area contributed by atoms with E-state index in [0.717, 1.165) is 16.3 Å². The summed E-state index contributed by atoms with van der Waals surface area (Å²) in [5.41, 5.74) is -0.0554. The fraction of sp³-hybridized carbons (Fsp3) is 0.333. The molecular formula is C15H15BrF3NS. The molecule has 0 spiro atoms. The summed E-state index contributed by atoms with van der Waals surface area (Å²) in [6.45, 7) is 4.92. The average Bonchev–Trinajstić information content (AvgIpc) is 2.88. The standard InChI is InChI=1S/C15H15BrF3NS/c1-3-20-9(2)13-6-7-14(21-13)10-4-5-12(16)11(8-10)15(17,18)19/h4-9,20H,3H2,1-2H3. The van der Waals surface area contributed by atoms with Crippen molar-refractivity contribution < 1.29 is 13.2 Å². The summed E-state index contributed by atoms with van der Waals surface area (Å²) in [7, 11) is 0. The minimum absolute atomic E-state index is 0.0662. The van der Waals surface area contributed by atoms with Crippen LogP contribution in [-0.4, -0.2) is 6.54 Å². The molecule has 2 rings (SSSR count). The van der Waals surface area contributed by atoms with Crippen molar-refractivity contribution >= 4 is 27.3 Å². The number of hydrogen-bond donors (Lipinski definition) is 1. The van der Waals surface area contributed by atoms with Crippen LogP contribution in [0.3, 0.4) is 0 Å². The van der Waals surface area contributed by atoms with Gasteiger partial charge in [0.1, 0.15) is 0 Å². The highest BCUT2D eigenvalue weighted by Gasteiger charge is 2.33. The van der Waals surface area contributed by atoms with E-state index in [0.29, 0.717) is 5.56 Å². The van der Waals surface area contributed by atoms with E-state index in [1.54, 1.807) is 6.07 Å². The van der Waals surface area contributed by atoms with E-state index in [1.807, 2.05) is 26.0 Å². The summed E-state index contributed by atoms with van der Waals surface area (Å²) in [6, 6.07) is 8.38. The Morgan fingerprint density at radius 1 is 1.24 bits per heavy atom. The van der Waals surface area contributed by atoms with Gasteiger partial charge >= 0.3 is 6.18 Å². The van der Waals surface area contributed by atoms with Gasteiger partial charge in [0.2, 0.25) is 0 Å². The first-order valence-electron chi connectivity index (χ1n) is 6.53. The van der Waals surface area contributed by atoms with Crippen molar-refractivity contribution in [3.8, 4) is 10.4 Å². The van der Waals surface area contributed by atoms with Crippen LogP contribution in [0.1, 0.15) is 30.3 Å². The quantitative estimate of drug-likeness (QED) is 0.702. The van der Waals surface area contributed by atoms with Gasteiger partial charge in [0, 0.05) is 20.3 Å². The predicted molar refractivity (Wildman–Crippen MR) is 84.5 cm³/mol. The molecule has 0 aliphatic rings. The van der Waals surface area contributed by atoms with Crippen molar-refractivity contribution in [1.82, 2.24) is 5.32 Å². The van der Waals surface area contributed by atoms with Gasteiger partial charge in [-0.1, -0.05) is 28.9 Å². The fourth-order valence-electron chi connectivity index (χ4n) is 2.04. The maximum absolute atomic E-state index is 12.9. The van der Waals surface area contributed by atoms with Crippen LogP contribution in [-0.2, 0) is 6.18 Å². The molecular weight excluding hydrogens is 363 g/mol. The average molecular weight is 378 g/mol. The molecule has 1 aromatic heterocycles. The number of hydrogen-bond acceptors (Lipinski definition) is 2. The SMILES string of the molecule is CCNC(C)c1ccc(-c2ccc(Br)c(C(F)(F)F)c2)s1. The van der Waals surface area contributed by atoms with Crippen molar-refractivity contribution in [2.24, 2.45) is 0 Å². The van der Waals surface area contributed by atoms with Crippen LogP contribution in [0.4, 0.5) is 13.2 Å². The van der Waals surface area contributed by atoms with E-state index in [1.165, 1.54) is 23.5 Å². The normalized spacial score (nSPS) is 13.4. The second-order valence-corrected chi connectivity index (χ2v) is 6.64. The van der Waals surface area contributed by atoms with Gasteiger partial charge in [0.25, 0.3) is 0 Å². The lowest BCUT2D eigenvalue weighted by atomic mass is 10.1. The second-order valence-electron chi connectivity index (χ2n) is 4.67. The third kappa shape index (κ3) is 3.87. The molecule has 0 saturated heterocycles. The van der Waals surface area contributed by atoms with Crippen LogP contribution < -0.4 is 5.32 Å². The molecule has 1 heterocycles. The van der Waals surface area contributed by atoms with Crippen LogP contribution in [0.15, 0.2) is 34.8 Å². The molecule has 0 amide bonds. The van der Waals surface area contributed by atoms with Gasteiger partial charge in [-0.15, -0.1) is 11.3 Å². The van der Waals surface area contributed by atoms with E-state index in [9.17, 15) is 13.2 Å². The number of thiophene rings is 1. The van der Waals surface area contributed by atoms with Crippen molar-refractivity contribution in [2.75, 3.05) is 6.54 Å². The van der Waals surface area contributed by atoms with E-state index in [2.05, 4.69) is 21.2 Å². The zero-order chi connectivity index (χ0) is 15.6. The zero-order valence-electron chi connectivity index (χ0n) is 11.6. The highest BCUT2D eigenvalue weighted by Crippen LogP contribution is 2.39. The Hall–Kier alpha value is -0.850. The van der Waals surface area contributed by atoms with Gasteiger partial charge in [0.05, 0.1) is 5.56 Å². The lowest BCUT2D eigenvalue weighted by Gasteiger charge is -2.11. The Bertz CT molecular complexity index is 622. The van der Waals surface area contributed by atoms with Gasteiger partial charge in [-0.05, 0) is 43.3 Å². The number of rotatable bonds is 4. The number of alkyl halides is 3. The molecule has 0 fully saturated rings. The molecule has 21 heavy (non-hydrogen) atoms. The lowest BCUT2D eigenvalue weighted by Crippen LogP contribution is -2.16. The molecule has 0 radical (unpaired) electrons. The molecule has 1 N–H and O–H groups in total. The Morgan fingerprint density at radius 3 is 2.57 bits per heavy atom. The molecule has 0 bridgehead atoms. The second kappa shape index (κ2) is 6.50. The third-order valence-electron chi connectivity index (χ3n) is 3.12. The Morgan fingerprint density at radius 2 is 1.95 bits per heavy atom. The monoisotopic (exact) mass is 377 g/mol. The molecule has 2 aromatic rings. The van der Waals surface area contributed by atoms with Crippen molar-refractivity contribution in [2.45, 2.75) is 26.1 Å². The minimum Gasteiger partial charge on any atom is -0.310 e. The molecule has 1 atom stereocenters. The van der Waals surface area contributed by atoms with Gasteiger partial charge in [-0.2, -0.15) is 13.2 Å². The third-order valence-corrected chi connectivity index (χ3v) is 5.13. The summed E-state index contributed by atoms with van der Waals surface area (Å²) in [4.78, 5) is 1.95. The van der Waals surface area contributed by atoms with Crippen LogP contribution in [0, 0.1) is 0 Å². The Labute approximate surface area is 134 Å². The molecule has 0 aliphatic heterocycles. The van der Waals surface area contributed by atoms with E-state index < -0.39 is 11.7 Å². The van der Waals surface area contributed by atoms with Gasteiger partial charge in [0.15, 0.2) is 0 Å². The van der Waals surface area contributed by atoms with Crippen molar-refractivity contribution in [3.63, 3.8) is 0 Å². The summed E-state index contributed by atoms with van der Waals surface area (Å²) in [5.74, 6) is 0. The van der Waals surface area contributed by atoms with Crippen molar-refractivity contribution in [1.29, 1.82) is 0 Å². The summed E-state index contributed by atoms with van der Waals surface area (Å²) in [6.07, 6.45) is -4.36. The lowest BCUT2D eigenvalue weighted by molar-refractivity contribution is -0.138. The number of halogens is 4. The molecule has 114 valence electrons. The van der Waals surface area contributed by atoms with E-state index >= 15 is 0 Å². The van der Waals surface area contributed by atoms with Gasteiger partial charge in [-0.25, -0.2) is 0 Å². The van der Waals surface area contributed by atoms with Crippen LogP contribution in [0.25, 0.3) is 10.4 Å². The fourth-order valence-corrected chi connectivity index (χ4v) is 3.55. The number of benzene rings is 1. The molecule has 6 heteroatoms. The first-order valence-corrected chi connectivity index (χ1v) is 8.14. The van der Waals surface area contributed by atoms with Crippen molar-refractivity contribution in [3.05, 3.63) is 45.2 Å². The van der Waals surface area contributed by atoms with Crippen LogP contribution in [0.5, 0.6) is 0 Å². The first-order chi connectivity index (χ1) is 9.82. The smallest absolute Gasteiger partial charge is 0.310 e. The first kappa shape index (κ1) is 16.5. The molecule has 0 aliphatic carbocycles. The van der Waals surface area contributed by atoms with E-state index in [-0.39, 0.29) is 10.5 Å². The molecule has 1 aromatic carbocycles. The Balaban J connectivity index is 2.35. The van der Waals surface area contributed by atoms with Gasteiger partial charge < -0.3 is 5.32 Å². The maximum Gasteiger partial charge on any atom is 0.417 e.